The lowest BCUT2D eigenvalue weighted by molar-refractivity contribution is -0.119. The first-order valence-electron chi connectivity index (χ1n) is 7.23. The number of carbonyl (C=O) groups is 1. The molecule has 2 aromatic rings. The molecule has 116 valence electrons. The quantitative estimate of drug-likeness (QED) is 0.863. The fraction of sp³-hybridized carbons (Fsp3) is 0.278. The van der Waals surface area contributed by atoms with E-state index in [1.807, 2.05) is 19.1 Å². The van der Waals surface area contributed by atoms with E-state index < -0.39 is 0 Å². The first-order valence-corrected chi connectivity index (χ1v) is 8.39. The predicted octanol–water partition coefficient (Wildman–Crippen LogP) is 4.24. The Morgan fingerprint density at radius 3 is 2.55 bits per heavy atom. The zero-order valence-corrected chi connectivity index (χ0v) is 13.6. The van der Waals surface area contributed by atoms with Gasteiger partial charge in [-0.05, 0) is 42.7 Å². The van der Waals surface area contributed by atoms with Gasteiger partial charge in [0.05, 0.1) is 11.8 Å². The zero-order valence-electron chi connectivity index (χ0n) is 12.8. The molecule has 0 saturated heterocycles. The summed E-state index contributed by atoms with van der Waals surface area (Å²) in [4.78, 5) is 12.0. The molecule has 0 saturated carbocycles. The fourth-order valence-corrected chi connectivity index (χ4v) is 3.06. The van der Waals surface area contributed by atoms with Crippen LogP contribution >= 0.6 is 11.8 Å². The number of aryl methyl sites for hydroxylation is 1. The Bertz CT molecular complexity index is 627. The molecular formula is C18H20FNOS. The molecule has 0 aromatic heterocycles. The molecule has 0 fully saturated rings. The zero-order chi connectivity index (χ0) is 15.9. The molecule has 0 radical (unpaired) electrons. The summed E-state index contributed by atoms with van der Waals surface area (Å²) in [5.41, 5.74) is 3.40. The molecule has 1 unspecified atom stereocenters. The van der Waals surface area contributed by atoms with Crippen molar-refractivity contribution in [3.63, 3.8) is 0 Å². The van der Waals surface area contributed by atoms with Crippen molar-refractivity contribution >= 4 is 17.7 Å². The Hall–Kier alpha value is -1.81. The molecule has 2 aromatic carbocycles. The molecule has 2 rings (SSSR count). The molecule has 1 N–H and O–H groups in total. The lowest BCUT2D eigenvalue weighted by Gasteiger charge is -2.14. The van der Waals surface area contributed by atoms with Crippen molar-refractivity contribution in [2.45, 2.75) is 25.6 Å². The molecular weight excluding hydrogens is 297 g/mol. The van der Waals surface area contributed by atoms with Crippen LogP contribution in [-0.2, 0) is 10.5 Å². The van der Waals surface area contributed by atoms with Crippen LogP contribution < -0.4 is 5.32 Å². The van der Waals surface area contributed by atoms with Crippen molar-refractivity contribution < 1.29 is 9.18 Å². The van der Waals surface area contributed by atoms with Crippen LogP contribution in [0, 0.1) is 12.7 Å². The van der Waals surface area contributed by atoms with E-state index in [9.17, 15) is 9.18 Å². The number of carbonyl (C=O) groups excluding carboxylic acids is 1. The Morgan fingerprint density at radius 1 is 1.18 bits per heavy atom. The van der Waals surface area contributed by atoms with Gasteiger partial charge < -0.3 is 5.32 Å². The molecule has 0 heterocycles. The van der Waals surface area contributed by atoms with Crippen LogP contribution in [0.3, 0.4) is 0 Å². The Labute approximate surface area is 135 Å². The Morgan fingerprint density at radius 2 is 1.86 bits per heavy atom. The second-order valence-corrected chi connectivity index (χ2v) is 6.25. The Kier molecular flexibility index (Phi) is 6.01. The SMILES string of the molecule is Cc1ccccc1CSCC(=O)NC(C)c1ccc(F)cc1. The highest BCUT2D eigenvalue weighted by atomic mass is 32.2. The monoisotopic (exact) mass is 317 g/mol. The molecule has 4 heteroatoms. The average Bonchev–Trinajstić information content (AvgIpc) is 2.50. The van der Waals surface area contributed by atoms with Gasteiger partial charge in [-0.2, -0.15) is 0 Å². The number of amides is 1. The van der Waals surface area contributed by atoms with E-state index >= 15 is 0 Å². The van der Waals surface area contributed by atoms with E-state index in [1.54, 1.807) is 23.9 Å². The lowest BCUT2D eigenvalue weighted by atomic mass is 10.1. The van der Waals surface area contributed by atoms with Gasteiger partial charge in [-0.3, -0.25) is 4.79 Å². The highest BCUT2D eigenvalue weighted by Crippen LogP contribution is 2.17. The van der Waals surface area contributed by atoms with E-state index in [0.29, 0.717) is 5.75 Å². The number of hydrogen-bond donors (Lipinski definition) is 1. The first kappa shape index (κ1) is 16.6. The normalized spacial score (nSPS) is 12.0. The van der Waals surface area contributed by atoms with Crippen LogP contribution in [0.2, 0.25) is 0 Å². The van der Waals surface area contributed by atoms with Gasteiger partial charge in [0, 0.05) is 5.75 Å². The predicted molar refractivity (Wildman–Crippen MR) is 90.3 cm³/mol. The summed E-state index contributed by atoms with van der Waals surface area (Å²) < 4.78 is 12.9. The molecule has 22 heavy (non-hydrogen) atoms. The van der Waals surface area contributed by atoms with Crippen LogP contribution in [0.25, 0.3) is 0 Å². The summed E-state index contributed by atoms with van der Waals surface area (Å²) in [7, 11) is 0. The number of rotatable bonds is 6. The molecule has 0 aliphatic rings. The van der Waals surface area contributed by atoms with Gasteiger partial charge >= 0.3 is 0 Å². The van der Waals surface area contributed by atoms with Crippen molar-refractivity contribution in [2.75, 3.05) is 5.75 Å². The van der Waals surface area contributed by atoms with E-state index in [1.165, 1.54) is 23.3 Å². The van der Waals surface area contributed by atoms with Gasteiger partial charge in [-0.25, -0.2) is 4.39 Å². The standard InChI is InChI=1S/C18H20FNOS/c1-13-5-3-4-6-16(13)11-22-12-18(21)20-14(2)15-7-9-17(19)10-8-15/h3-10,14H,11-12H2,1-2H3,(H,20,21). The fourth-order valence-electron chi connectivity index (χ4n) is 2.14. The van der Waals surface area contributed by atoms with Gasteiger partial charge in [0.1, 0.15) is 5.82 Å². The number of halogens is 1. The van der Waals surface area contributed by atoms with Crippen LogP contribution in [-0.4, -0.2) is 11.7 Å². The molecule has 0 bridgehead atoms. The second kappa shape index (κ2) is 7.99. The third-order valence-corrected chi connectivity index (χ3v) is 4.48. The highest BCUT2D eigenvalue weighted by molar-refractivity contribution is 7.99. The molecule has 0 aliphatic heterocycles. The average molecular weight is 317 g/mol. The molecule has 0 aliphatic carbocycles. The van der Waals surface area contributed by atoms with E-state index in [4.69, 9.17) is 0 Å². The van der Waals surface area contributed by atoms with Crippen molar-refractivity contribution in [1.29, 1.82) is 0 Å². The number of hydrogen-bond acceptors (Lipinski definition) is 2. The van der Waals surface area contributed by atoms with Gasteiger partial charge in [-0.1, -0.05) is 36.4 Å². The van der Waals surface area contributed by atoms with E-state index in [-0.39, 0.29) is 17.8 Å². The minimum absolute atomic E-state index is 0.00425. The van der Waals surface area contributed by atoms with Crippen LogP contribution in [0.4, 0.5) is 4.39 Å². The third-order valence-electron chi connectivity index (χ3n) is 3.50. The smallest absolute Gasteiger partial charge is 0.230 e. The summed E-state index contributed by atoms with van der Waals surface area (Å²) in [6.07, 6.45) is 0. The number of nitrogens with one attached hydrogen (secondary N) is 1. The van der Waals surface area contributed by atoms with Gasteiger partial charge in [-0.15, -0.1) is 11.8 Å². The van der Waals surface area contributed by atoms with Crippen LogP contribution in [0.1, 0.15) is 29.7 Å². The minimum atomic E-state index is -0.268. The van der Waals surface area contributed by atoms with Gasteiger partial charge in [0.15, 0.2) is 0 Å². The molecule has 0 spiro atoms. The summed E-state index contributed by atoms with van der Waals surface area (Å²) in [5, 5.41) is 2.93. The van der Waals surface area contributed by atoms with Crippen LogP contribution in [0.5, 0.6) is 0 Å². The lowest BCUT2D eigenvalue weighted by Crippen LogP contribution is -2.28. The van der Waals surface area contributed by atoms with E-state index in [0.717, 1.165) is 11.3 Å². The third kappa shape index (κ3) is 4.88. The summed E-state index contributed by atoms with van der Waals surface area (Å²) in [6.45, 7) is 3.98. The molecule has 2 nitrogen and oxygen atoms in total. The van der Waals surface area contributed by atoms with Crippen molar-refractivity contribution in [3.8, 4) is 0 Å². The Balaban J connectivity index is 1.78. The number of benzene rings is 2. The number of thioether (sulfide) groups is 1. The van der Waals surface area contributed by atoms with Crippen molar-refractivity contribution in [1.82, 2.24) is 5.32 Å². The minimum Gasteiger partial charge on any atom is -0.349 e. The molecule has 1 amide bonds. The molecule has 1 atom stereocenters. The maximum Gasteiger partial charge on any atom is 0.230 e. The maximum atomic E-state index is 12.9. The van der Waals surface area contributed by atoms with Crippen molar-refractivity contribution in [3.05, 3.63) is 71.0 Å². The summed E-state index contributed by atoms with van der Waals surface area (Å²) in [6, 6.07) is 14.3. The van der Waals surface area contributed by atoms with Crippen molar-refractivity contribution in [2.24, 2.45) is 0 Å². The summed E-state index contributed by atoms with van der Waals surface area (Å²) in [5.74, 6) is 0.969. The maximum absolute atomic E-state index is 12.9. The van der Waals surface area contributed by atoms with E-state index in [2.05, 4.69) is 24.4 Å². The second-order valence-electron chi connectivity index (χ2n) is 5.26. The van der Waals surface area contributed by atoms with Crippen LogP contribution in [0.15, 0.2) is 48.5 Å². The largest absolute Gasteiger partial charge is 0.349 e. The summed E-state index contributed by atoms with van der Waals surface area (Å²) >= 11 is 1.60. The highest BCUT2D eigenvalue weighted by Gasteiger charge is 2.10. The topological polar surface area (TPSA) is 29.1 Å². The first-order chi connectivity index (χ1) is 10.6. The van der Waals surface area contributed by atoms with Gasteiger partial charge in [0.25, 0.3) is 0 Å². The van der Waals surface area contributed by atoms with Gasteiger partial charge in [0.2, 0.25) is 5.91 Å².